The highest BCUT2D eigenvalue weighted by Gasteiger charge is 2.65. The molecule has 0 aliphatic heterocycles. The van der Waals surface area contributed by atoms with E-state index >= 15 is 0 Å². The van der Waals surface area contributed by atoms with Crippen molar-refractivity contribution in [3.63, 3.8) is 0 Å². The molecule has 1 amide bonds. The number of amides is 1. The first-order valence-corrected chi connectivity index (χ1v) is 7.71. The third-order valence-electron chi connectivity index (χ3n) is 5.23. The maximum absolute atomic E-state index is 13.4. The molecule has 0 spiro atoms. The topological polar surface area (TPSA) is 29.1 Å². The summed E-state index contributed by atoms with van der Waals surface area (Å²) in [5.41, 5.74) is 0.400. The van der Waals surface area contributed by atoms with Crippen molar-refractivity contribution in [1.29, 1.82) is 0 Å². The molecule has 0 saturated heterocycles. The van der Waals surface area contributed by atoms with Crippen molar-refractivity contribution in [3.05, 3.63) is 34.1 Å². The van der Waals surface area contributed by atoms with Crippen LogP contribution in [0, 0.1) is 29.5 Å². The number of hydrogen-bond acceptors (Lipinski definition) is 1. The second-order valence-electron chi connectivity index (χ2n) is 6.09. The number of fused-ring (bicyclic) bond motifs is 5. The Morgan fingerprint density at radius 1 is 1.26 bits per heavy atom. The summed E-state index contributed by atoms with van der Waals surface area (Å²) in [6.45, 7) is 0. The second-order valence-corrected chi connectivity index (χ2v) is 6.88. The molecule has 0 heterocycles. The number of carbonyl (C=O) groups is 1. The maximum Gasteiger partial charge on any atom is 0.252 e. The van der Waals surface area contributed by atoms with Crippen LogP contribution in [0.4, 0.5) is 4.39 Å². The lowest BCUT2D eigenvalue weighted by Crippen LogP contribution is -2.30. The van der Waals surface area contributed by atoms with E-state index in [1.165, 1.54) is 25.3 Å². The second kappa shape index (κ2) is 4.05. The van der Waals surface area contributed by atoms with Gasteiger partial charge < -0.3 is 5.32 Å². The van der Waals surface area contributed by atoms with E-state index in [-0.39, 0.29) is 16.2 Å². The molecular formula is C15H15BrFNO. The standard InChI is InChI=1S/C15H15BrFNO/c16-13-9(2-1-3-10(13)17)15(19)18-14-11-7-4-5-8(6-7)12(11)14/h1-3,7-8,11-12,14H,4-6H2,(H,18,19). The third kappa shape index (κ3) is 1.69. The molecular weight excluding hydrogens is 309 g/mol. The van der Waals surface area contributed by atoms with Gasteiger partial charge in [-0.3, -0.25) is 4.79 Å². The van der Waals surface area contributed by atoms with Gasteiger partial charge in [-0.15, -0.1) is 0 Å². The van der Waals surface area contributed by atoms with Gasteiger partial charge in [-0.25, -0.2) is 4.39 Å². The molecule has 4 rings (SSSR count). The van der Waals surface area contributed by atoms with Crippen molar-refractivity contribution in [2.24, 2.45) is 23.7 Å². The molecule has 3 fully saturated rings. The lowest BCUT2D eigenvalue weighted by Gasteiger charge is -2.11. The minimum absolute atomic E-state index is 0.148. The average Bonchev–Trinajstić information content (AvgIpc) is 2.81. The van der Waals surface area contributed by atoms with Gasteiger partial charge in [-0.05, 0) is 71.0 Å². The Morgan fingerprint density at radius 3 is 2.63 bits per heavy atom. The van der Waals surface area contributed by atoms with Crippen molar-refractivity contribution in [3.8, 4) is 0 Å². The molecule has 4 atom stereocenters. The first-order valence-electron chi connectivity index (χ1n) is 6.91. The third-order valence-corrected chi connectivity index (χ3v) is 6.04. The van der Waals surface area contributed by atoms with Gasteiger partial charge in [0.2, 0.25) is 0 Å². The van der Waals surface area contributed by atoms with E-state index < -0.39 is 0 Å². The zero-order chi connectivity index (χ0) is 13.1. The van der Waals surface area contributed by atoms with E-state index in [1.54, 1.807) is 12.1 Å². The van der Waals surface area contributed by atoms with E-state index in [2.05, 4.69) is 21.2 Å². The van der Waals surface area contributed by atoms with Crippen molar-refractivity contribution in [2.75, 3.05) is 0 Å². The SMILES string of the molecule is O=C(NC1C2C3CCC(C3)C12)c1cccc(F)c1Br. The van der Waals surface area contributed by atoms with Crippen LogP contribution >= 0.6 is 15.9 Å². The number of halogens is 2. The minimum Gasteiger partial charge on any atom is -0.349 e. The lowest BCUT2D eigenvalue weighted by atomic mass is 10.0. The molecule has 0 radical (unpaired) electrons. The smallest absolute Gasteiger partial charge is 0.252 e. The average molecular weight is 324 g/mol. The van der Waals surface area contributed by atoms with Gasteiger partial charge in [0.1, 0.15) is 5.82 Å². The monoisotopic (exact) mass is 323 g/mol. The van der Waals surface area contributed by atoms with Crippen LogP contribution in [-0.4, -0.2) is 11.9 Å². The van der Waals surface area contributed by atoms with Crippen molar-refractivity contribution in [2.45, 2.75) is 25.3 Å². The van der Waals surface area contributed by atoms with Crippen molar-refractivity contribution >= 4 is 21.8 Å². The molecule has 3 saturated carbocycles. The van der Waals surface area contributed by atoms with E-state index in [0.29, 0.717) is 23.4 Å². The molecule has 3 aliphatic rings. The van der Waals surface area contributed by atoms with Gasteiger partial charge >= 0.3 is 0 Å². The fourth-order valence-corrected chi connectivity index (χ4v) is 4.87. The normalized spacial score (nSPS) is 38.1. The summed E-state index contributed by atoms with van der Waals surface area (Å²) >= 11 is 3.15. The first-order chi connectivity index (χ1) is 9.16. The molecule has 0 aromatic heterocycles. The van der Waals surface area contributed by atoms with Crippen LogP contribution in [0.1, 0.15) is 29.6 Å². The lowest BCUT2D eigenvalue weighted by molar-refractivity contribution is 0.0943. The first kappa shape index (κ1) is 11.9. The van der Waals surface area contributed by atoms with Crippen LogP contribution < -0.4 is 5.32 Å². The van der Waals surface area contributed by atoms with Crippen LogP contribution in [0.15, 0.2) is 22.7 Å². The molecule has 19 heavy (non-hydrogen) atoms. The summed E-state index contributed by atoms with van der Waals surface area (Å²) in [5, 5.41) is 3.11. The Morgan fingerprint density at radius 2 is 1.95 bits per heavy atom. The van der Waals surface area contributed by atoms with Gasteiger partial charge in [0.15, 0.2) is 0 Å². The predicted octanol–water partition coefficient (Wildman–Crippen LogP) is 3.36. The molecule has 1 N–H and O–H groups in total. The van der Waals surface area contributed by atoms with E-state index in [9.17, 15) is 9.18 Å². The van der Waals surface area contributed by atoms with Gasteiger partial charge in [0.25, 0.3) is 5.91 Å². The molecule has 2 nitrogen and oxygen atoms in total. The quantitative estimate of drug-likeness (QED) is 0.888. The van der Waals surface area contributed by atoms with E-state index in [4.69, 9.17) is 0 Å². The fourth-order valence-electron chi connectivity index (χ4n) is 4.43. The summed E-state index contributed by atoms with van der Waals surface area (Å²) in [7, 11) is 0. The number of rotatable bonds is 2. The summed E-state index contributed by atoms with van der Waals surface area (Å²) in [6, 6.07) is 4.93. The van der Waals surface area contributed by atoms with Crippen LogP contribution in [0.2, 0.25) is 0 Å². The van der Waals surface area contributed by atoms with Crippen LogP contribution in [0.3, 0.4) is 0 Å². The maximum atomic E-state index is 13.4. The molecule has 2 bridgehead atoms. The highest BCUT2D eigenvalue weighted by molar-refractivity contribution is 9.10. The van der Waals surface area contributed by atoms with Crippen LogP contribution in [-0.2, 0) is 0 Å². The minimum atomic E-state index is -0.385. The predicted molar refractivity (Wildman–Crippen MR) is 73.2 cm³/mol. The summed E-state index contributed by atoms with van der Waals surface area (Å²) in [5.74, 6) is 2.53. The molecule has 1 aromatic rings. The fraction of sp³-hybridized carbons (Fsp3) is 0.533. The van der Waals surface area contributed by atoms with Crippen LogP contribution in [0.5, 0.6) is 0 Å². The Labute approximate surface area is 119 Å². The number of hydrogen-bond donors (Lipinski definition) is 1. The molecule has 1 aromatic carbocycles. The largest absolute Gasteiger partial charge is 0.349 e. The van der Waals surface area contributed by atoms with Crippen LogP contribution in [0.25, 0.3) is 0 Å². The van der Waals surface area contributed by atoms with Gasteiger partial charge in [0.05, 0.1) is 10.0 Å². The zero-order valence-corrected chi connectivity index (χ0v) is 12.0. The van der Waals surface area contributed by atoms with Gasteiger partial charge in [-0.1, -0.05) is 6.07 Å². The Bertz CT molecular complexity index is 545. The molecule has 3 aliphatic carbocycles. The Kier molecular flexibility index (Phi) is 2.53. The zero-order valence-electron chi connectivity index (χ0n) is 10.4. The van der Waals surface area contributed by atoms with Gasteiger partial charge in [-0.2, -0.15) is 0 Å². The number of carbonyl (C=O) groups excluding carboxylic acids is 1. The highest BCUT2D eigenvalue weighted by atomic mass is 79.9. The van der Waals surface area contributed by atoms with Crippen molar-refractivity contribution < 1.29 is 9.18 Å². The number of benzene rings is 1. The number of nitrogens with one attached hydrogen (secondary N) is 1. The molecule has 100 valence electrons. The Balaban J connectivity index is 1.50. The molecule has 4 heteroatoms. The Hall–Kier alpha value is -0.900. The van der Waals surface area contributed by atoms with Crippen molar-refractivity contribution in [1.82, 2.24) is 5.32 Å². The van der Waals surface area contributed by atoms with E-state index in [1.807, 2.05) is 0 Å². The van der Waals surface area contributed by atoms with E-state index in [0.717, 1.165) is 11.8 Å². The summed E-state index contributed by atoms with van der Waals surface area (Å²) < 4.78 is 13.7. The highest BCUT2D eigenvalue weighted by Crippen LogP contribution is 2.65. The molecule has 4 unspecified atom stereocenters. The summed E-state index contributed by atoms with van der Waals surface area (Å²) in [4.78, 5) is 12.2. The van der Waals surface area contributed by atoms with Gasteiger partial charge in [0, 0.05) is 6.04 Å². The summed E-state index contributed by atoms with van der Waals surface area (Å²) in [6.07, 6.45) is 4.04.